The van der Waals surface area contributed by atoms with Gasteiger partial charge in [-0.15, -0.1) is 0 Å². The minimum atomic E-state index is -4.74. The summed E-state index contributed by atoms with van der Waals surface area (Å²) in [7, 11) is -3.18. The summed E-state index contributed by atoms with van der Waals surface area (Å²) in [4.78, 5) is 10.7. The highest BCUT2D eigenvalue weighted by atomic mass is 32.2. The highest BCUT2D eigenvalue weighted by Crippen LogP contribution is 2.23. The van der Waals surface area contributed by atoms with Gasteiger partial charge in [0, 0.05) is 6.54 Å². The van der Waals surface area contributed by atoms with Crippen LogP contribution in [0.1, 0.15) is 6.42 Å². The van der Waals surface area contributed by atoms with Gasteiger partial charge in [0.1, 0.15) is 0 Å². The van der Waals surface area contributed by atoms with Crippen molar-refractivity contribution in [1.29, 1.82) is 0 Å². The third-order valence-corrected chi connectivity index (χ3v) is 4.29. The van der Waals surface area contributed by atoms with Gasteiger partial charge in [0.15, 0.2) is 9.84 Å². The average molecular weight is 277 g/mol. The van der Waals surface area contributed by atoms with Gasteiger partial charge in [-0.1, -0.05) is 0 Å². The second-order valence-corrected chi connectivity index (χ2v) is 6.13. The fourth-order valence-electron chi connectivity index (χ4n) is 1.49. The van der Waals surface area contributed by atoms with E-state index in [1.807, 2.05) is 0 Å². The van der Waals surface area contributed by atoms with Crippen molar-refractivity contribution in [2.45, 2.75) is 18.8 Å². The van der Waals surface area contributed by atoms with Crippen LogP contribution >= 0.6 is 0 Å². The van der Waals surface area contributed by atoms with E-state index in [0.717, 1.165) is 0 Å². The van der Waals surface area contributed by atoms with Crippen molar-refractivity contribution in [2.75, 3.05) is 18.1 Å². The zero-order chi connectivity index (χ0) is 13.3. The van der Waals surface area contributed by atoms with Crippen LogP contribution in [-0.4, -0.2) is 44.7 Å². The van der Waals surface area contributed by atoms with Crippen LogP contribution in [0.3, 0.4) is 0 Å². The molecule has 100 valence electrons. The molecule has 1 amide bonds. The Morgan fingerprint density at radius 2 is 2.00 bits per heavy atom. The molecule has 1 atom stereocenters. The van der Waals surface area contributed by atoms with E-state index in [1.165, 1.54) is 0 Å². The average Bonchev–Trinajstić information content (AvgIpc) is 2.54. The largest absolute Gasteiger partial charge is 0.383 e. The third kappa shape index (κ3) is 3.55. The third-order valence-electron chi connectivity index (χ3n) is 2.45. The van der Waals surface area contributed by atoms with Crippen LogP contribution < -0.4 is 5.32 Å². The maximum Gasteiger partial charge on any atom is 0.383 e. The van der Waals surface area contributed by atoms with Crippen molar-refractivity contribution < 1.29 is 30.8 Å². The zero-order valence-corrected chi connectivity index (χ0v) is 9.44. The summed E-state index contributed by atoms with van der Waals surface area (Å²) in [5, 5.41) is 1.65. The van der Waals surface area contributed by atoms with Gasteiger partial charge in [0.2, 0.25) is 0 Å². The van der Waals surface area contributed by atoms with Gasteiger partial charge >= 0.3 is 12.3 Å². The smallest absolute Gasteiger partial charge is 0.350 e. The minimum absolute atomic E-state index is 0.0707. The minimum Gasteiger partial charge on any atom is -0.350 e. The summed E-state index contributed by atoms with van der Waals surface area (Å²) >= 11 is 0. The summed E-state index contributed by atoms with van der Waals surface area (Å²) in [6, 6.07) is 0. The Morgan fingerprint density at radius 3 is 2.41 bits per heavy atom. The number of carbonyl (C=O) groups excluding carboxylic acids is 1. The highest BCUT2D eigenvalue weighted by Gasteiger charge is 2.49. The molecule has 0 spiro atoms. The number of alkyl halides is 4. The van der Waals surface area contributed by atoms with E-state index in [2.05, 4.69) is 0 Å². The normalized spacial score (nSPS) is 23.9. The zero-order valence-electron chi connectivity index (χ0n) is 8.63. The van der Waals surface area contributed by atoms with Crippen LogP contribution in [0.4, 0.5) is 17.6 Å². The summed E-state index contributed by atoms with van der Waals surface area (Å²) in [5.74, 6) is -7.58. The molecule has 0 aromatic heterocycles. The molecule has 1 unspecified atom stereocenters. The molecule has 1 aliphatic heterocycles. The molecule has 0 aromatic carbocycles. The second-order valence-electron chi connectivity index (χ2n) is 3.90. The Kier molecular flexibility index (Phi) is 4.00. The Morgan fingerprint density at radius 1 is 1.41 bits per heavy atom. The summed E-state index contributed by atoms with van der Waals surface area (Å²) in [6.45, 7) is -0.333. The molecule has 1 saturated heterocycles. The Bertz CT molecular complexity index is 396. The van der Waals surface area contributed by atoms with Gasteiger partial charge in [-0.3, -0.25) is 4.79 Å². The van der Waals surface area contributed by atoms with Crippen LogP contribution in [0.5, 0.6) is 0 Å². The van der Waals surface area contributed by atoms with Crippen LogP contribution in [0.2, 0.25) is 0 Å². The van der Waals surface area contributed by atoms with Gasteiger partial charge in [0.25, 0.3) is 5.91 Å². The first kappa shape index (κ1) is 14.2. The number of rotatable bonds is 4. The maximum atomic E-state index is 12.5. The first-order valence-corrected chi connectivity index (χ1v) is 6.62. The molecule has 9 heteroatoms. The molecule has 1 rings (SSSR count). The van der Waals surface area contributed by atoms with Crippen molar-refractivity contribution in [3.05, 3.63) is 0 Å². The quantitative estimate of drug-likeness (QED) is 0.758. The number of amides is 1. The number of hydrogen-bond donors (Lipinski definition) is 1. The lowest BCUT2D eigenvalue weighted by atomic mass is 10.1. The fourth-order valence-corrected chi connectivity index (χ4v) is 3.35. The molecule has 4 nitrogen and oxygen atoms in total. The Hall–Kier alpha value is -0.860. The van der Waals surface area contributed by atoms with E-state index in [4.69, 9.17) is 0 Å². The molecule has 0 aliphatic carbocycles. The first-order valence-electron chi connectivity index (χ1n) is 4.80. The fraction of sp³-hybridized carbons (Fsp3) is 0.875. The van der Waals surface area contributed by atoms with E-state index in [-0.39, 0.29) is 24.5 Å². The van der Waals surface area contributed by atoms with Crippen molar-refractivity contribution >= 4 is 15.7 Å². The van der Waals surface area contributed by atoms with Crippen LogP contribution in [0.25, 0.3) is 0 Å². The van der Waals surface area contributed by atoms with Crippen molar-refractivity contribution in [3.8, 4) is 0 Å². The van der Waals surface area contributed by atoms with Gasteiger partial charge in [-0.2, -0.15) is 8.78 Å². The van der Waals surface area contributed by atoms with Crippen LogP contribution in [0.15, 0.2) is 0 Å². The molecule has 1 aliphatic rings. The molecule has 1 heterocycles. The lowest BCUT2D eigenvalue weighted by Gasteiger charge is -2.16. The Labute approximate surface area is 95.3 Å². The number of halogens is 4. The number of nitrogens with one attached hydrogen (secondary N) is 1. The molecule has 1 fully saturated rings. The molecular weight excluding hydrogens is 266 g/mol. The van der Waals surface area contributed by atoms with E-state index >= 15 is 0 Å². The van der Waals surface area contributed by atoms with Gasteiger partial charge in [0.05, 0.1) is 11.5 Å². The predicted octanol–water partition coefficient (Wildman–Crippen LogP) is 0.438. The molecule has 0 radical (unpaired) electrons. The molecule has 1 N–H and O–H groups in total. The number of sulfone groups is 1. The van der Waals surface area contributed by atoms with Gasteiger partial charge < -0.3 is 5.32 Å². The van der Waals surface area contributed by atoms with Crippen molar-refractivity contribution in [2.24, 2.45) is 5.92 Å². The van der Waals surface area contributed by atoms with E-state index in [1.54, 1.807) is 5.32 Å². The Balaban J connectivity index is 2.45. The van der Waals surface area contributed by atoms with Gasteiger partial charge in [-0.25, -0.2) is 17.2 Å². The van der Waals surface area contributed by atoms with Crippen molar-refractivity contribution in [3.63, 3.8) is 0 Å². The summed E-state index contributed by atoms with van der Waals surface area (Å²) in [5.41, 5.74) is 0. The molecular formula is C8H11F4NO3S. The van der Waals surface area contributed by atoms with Gasteiger partial charge in [-0.05, 0) is 12.3 Å². The summed E-state index contributed by atoms with van der Waals surface area (Å²) in [6.07, 6.45) is -3.84. The SMILES string of the molecule is O=C(NCC1CCS(=O)(=O)C1)C(F)(F)C(F)F. The summed E-state index contributed by atoms with van der Waals surface area (Å²) < 4.78 is 70.6. The lowest BCUT2D eigenvalue weighted by molar-refractivity contribution is -0.169. The monoisotopic (exact) mass is 277 g/mol. The second kappa shape index (κ2) is 4.79. The lowest BCUT2D eigenvalue weighted by Crippen LogP contribution is -2.46. The molecule has 0 aromatic rings. The maximum absolute atomic E-state index is 12.5. The topological polar surface area (TPSA) is 63.2 Å². The number of hydrogen-bond acceptors (Lipinski definition) is 3. The van der Waals surface area contributed by atoms with Crippen LogP contribution in [-0.2, 0) is 14.6 Å². The van der Waals surface area contributed by atoms with Crippen molar-refractivity contribution in [1.82, 2.24) is 5.32 Å². The standard InChI is InChI=1S/C8H11F4NO3S/c9-6(10)8(11,12)7(14)13-3-5-1-2-17(15,16)4-5/h5-6H,1-4H2,(H,13,14). The molecule has 17 heavy (non-hydrogen) atoms. The predicted molar refractivity (Wildman–Crippen MR) is 50.7 cm³/mol. The molecule has 0 saturated carbocycles. The van der Waals surface area contributed by atoms with E-state index in [9.17, 15) is 30.8 Å². The van der Waals surface area contributed by atoms with Crippen LogP contribution in [0, 0.1) is 5.92 Å². The van der Waals surface area contributed by atoms with E-state index in [0.29, 0.717) is 0 Å². The molecule has 0 bridgehead atoms. The number of carbonyl (C=O) groups is 1. The van der Waals surface area contributed by atoms with E-state index < -0.39 is 34.0 Å². The first-order chi connectivity index (χ1) is 7.65. The highest BCUT2D eigenvalue weighted by molar-refractivity contribution is 7.91.